The molecule has 0 fully saturated rings. The molecule has 1 rings (SSSR count). The van der Waals surface area contributed by atoms with Gasteiger partial charge >= 0.3 is 0 Å². The van der Waals surface area contributed by atoms with E-state index < -0.39 is 0 Å². The third-order valence-electron chi connectivity index (χ3n) is 4.84. The highest BCUT2D eigenvalue weighted by Crippen LogP contribution is 2.24. The van der Waals surface area contributed by atoms with Crippen molar-refractivity contribution >= 4 is 0 Å². The summed E-state index contributed by atoms with van der Waals surface area (Å²) < 4.78 is 5.54. The standard InChI is InChI=1S/C21H39NO/c1-4-5-6-7-8-9-10-11-12-13-14-15-16-17-19(2)21-18-22-20(3)23-21/h18-19,22H,3-17H2,1-2H3. The lowest BCUT2D eigenvalue weighted by molar-refractivity contribution is 0.266. The van der Waals surface area contributed by atoms with Gasteiger partial charge in [0.1, 0.15) is 5.76 Å². The molecule has 0 saturated heterocycles. The number of allylic oxidation sites excluding steroid dienone is 1. The van der Waals surface area contributed by atoms with Gasteiger partial charge in [-0.05, 0) is 13.0 Å². The molecule has 2 nitrogen and oxygen atoms in total. The third-order valence-corrected chi connectivity index (χ3v) is 4.84. The normalized spacial score (nSPS) is 15.2. The summed E-state index contributed by atoms with van der Waals surface area (Å²) in [5.74, 6) is 2.22. The third kappa shape index (κ3) is 10.5. The summed E-state index contributed by atoms with van der Waals surface area (Å²) >= 11 is 0. The molecule has 0 aromatic rings. The van der Waals surface area contributed by atoms with E-state index in [-0.39, 0.29) is 0 Å². The maximum absolute atomic E-state index is 5.54. The van der Waals surface area contributed by atoms with Gasteiger partial charge in [-0.25, -0.2) is 0 Å². The monoisotopic (exact) mass is 321 g/mol. The molecule has 1 aliphatic rings. The van der Waals surface area contributed by atoms with E-state index in [1.165, 1.54) is 89.9 Å². The quantitative estimate of drug-likeness (QED) is 0.327. The molecule has 134 valence electrons. The minimum Gasteiger partial charge on any atom is -0.444 e. The van der Waals surface area contributed by atoms with E-state index in [0.717, 1.165) is 5.76 Å². The van der Waals surface area contributed by atoms with E-state index in [0.29, 0.717) is 11.8 Å². The maximum atomic E-state index is 5.54. The minimum atomic E-state index is 0.509. The van der Waals surface area contributed by atoms with Gasteiger partial charge in [0.05, 0.1) is 0 Å². The molecule has 1 aliphatic heterocycles. The van der Waals surface area contributed by atoms with Crippen LogP contribution >= 0.6 is 0 Å². The zero-order valence-corrected chi connectivity index (χ0v) is 15.7. The van der Waals surface area contributed by atoms with Crippen LogP contribution in [0.15, 0.2) is 24.4 Å². The highest BCUT2D eigenvalue weighted by molar-refractivity contribution is 5.09. The fourth-order valence-corrected chi connectivity index (χ4v) is 3.21. The SMILES string of the molecule is C=C1NC=C(C(C)CCCCCCCCCCCCCCC)O1. The summed E-state index contributed by atoms with van der Waals surface area (Å²) in [6, 6.07) is 0. The molecule has 1 atom stereocenters. The molecular weight excluding hydrogens is 282 g/mol. The fourth-order valence-electron chi connectivity index (χ4n) is 3.21. The van der Waals surface area contributed by atoms with Crippen LogP contribution in [-0.4, -0.2) is 0 Å². The van der Waals surface area contributed by atoms with Crippen molar-refractivity contribution in [1.29, 1.82) is 0 Å². The first-order chi connectivity index (χ1) is 11.2. The van der Waals surface area contributed by atoms with Crippen LogP contribution in [-0.2, 0) is 4.74 Å². The van der Waals surface area contributed by atoms with Crippen molar-refractivity contribution in [3.8, 4) is 0 Å². The van der Waals surface area contributed by atoms with Crippen molar-refractivity contribution in [2.45, 2.75) is 104 Å². The second-order valence-corrected chi connectivity index (χ2v) is 7.15. The Morgan fingerprint density at radius 3 is 1.78 bits per heavy atom. The molecule has 0 aromatic heterocycles. The van der Waals surface area contributed by atoms with Crippen LogP contribution in [0.4, 0.5) is 0 Å². The average Bonchev–Trinajstić information content (AvgIpc) is 2.98. The van der Waals surface area contributed by atoms with Crippen molar-refractivity contribution in [3.05, 3.63) is 24.4 Å². The van der Waals surface area contributed by atoms with Gasteiger partial charge in [-0.3, -0.25) is 0 Å². The van der Waals surface area contributed by atoms with Crippen LogP contribution in [0, 0.1) is 5.92 Å². The smallest absolute Gasteiger partial charge is 0.189 e. The molecule has 0 spiro atoms. The van der Waals surface area contributed by atoms with E-state index in [2.05, 4.69) is 25.7 Å². The van der Waals surface area contributed by atoms with Gasteiger partial charge in [0.15, 0.2) is 5.88 Å². The largest absolute Gasteiger partial charge is 0.444 e. The van der Waals surface area contributed by atoms with Crippen LogP contribution < -0.4 is 5.32 Å². The van der Waals surface area contributed by atoms with E-state index in [1.807, 2.05) is 6.20 Å². The second kappa shape index (κ2) is 13.5. The Bertz CT molecular complexity index is 335. The number of hydrogen-bond donors (Lipinski definition) is 1. The second-order valence-electron chi connectivity index (χ2n) is 7.15. The van der Waals surface area contributed by atoms with E-state index in [4.69, 9.17) is 4.74 Å². The summed E-state index contributed by atoms with van der Waals surface area (Å²) in [5.41, 5.74) is 0. The van der Waals surface area contributed by atoms with E-state index >= 15 is 0 Å². The van der Waals surface area contributed by atoms with Crippen molar-refractivity contribution in [2.75, 3.05) is 0 Å². The molecule has 2 heteroatoms. The van der Waals surface area contributed by atoms with Crippen LogP contribution in [0.2, 0.25) is 0 Å². The first-order valence-electron chi connectivity index (χ1n) is 10.1. The van der Waals surface area contributed by atoms with Crippen LogP contribution in [0.1, 0.15) is 104 Å². The van der Waals surface area contributed by atoms with Gasteiger partial charge in [-0.15, -0.1) is 0 Å². The molecule has 0 aromatic carbocycles. The lowest BCUT2D eigenvalue weighted by Crippen LogP contribution is -1.99. The summed E-state index contributed by atoms with van der Waals surface area (Å²) in [6.07, 6.45) is 21.6. The fraction of sp³-hybridized carbons (Fsp3) is 0.810. The van der Waals surface area contributed by atoms with Gasteiger partial charge in [0.25, 0.3) is 0 Å². The number of ether oxygens (including phenoxy) is 1. The Labute approximate surface area is 144 Å². The molecule has 0 bridgehead atoms. The highest BCUT2D eigenvalue weighted by Gasteiger charge is 2.15. The number of hydrogen-bond acceptors (Lipinski definition) is 2. The topological polar surface area (TPSA) is 21.3 Å². The molecule has 0 aliphatic carbocycles. The van der Waals surface area contributed by atoms with Gasteiger partial charge < -0.3 is 10.1 Å². The lowest BCUT2D eigenvalue weighted by atomic mass is 10.00. The number of nitrogens with one attached hydrogen (secondary N) is 1. The molecule has 1 N–H and O–H groups in total. The molecular formula is C21H39NO. The molecule has 23 heavy (non-hydrogen) atoms. The predicted molar refractivity (Wildman–Crippen MR) is 101 cm³/mol. The van der Waals surface area contributed by atoms with Crippen LogP contribution in [0.25, 0.3) is 0 Å². The molecule has 0 saturated carbocycles. The predicted octanol–water partition coefficient (Wildman–Crippen LogP) is 7.04. The Morgan fingerprint density at radius 2 is 1.35 bits per heavy atom. The van der Waals surface area contributed by atoms with Crippen molar-refractivity contribution in [1.82, 2.24) is 5.32 Å². The Kier molecular flexibility index (Phi) is 11.8. The van der Waals surface area contributed by atoms with Gasteiger partial charge in [-0.1, -0.05) is 97.3 Å². The van der Waals surface area contributed by atoms with Gasteiger partial charge in [-0.2, -0.15) is 0 Å². The van der Waals surface area contributed by atoms with Crippen molar-refractivity contribution in [2.24, 2.45) is 5.92 Å². The molecule has 1 unspecified atom stereocenters. The molecule has 0 amide bonds. The molecule has 1 heterocycles. The number of rotatable bonds is 15. The Hall–Kier alpha value is -0.920. The first kappa shape index (κ1) is 20.1. The van der Waals surface area contributed by atoms with Crippen LogP contribution in [0.5, 0.6) is 0 Å². The highest BCUT2D eigenvalue weighted by atomic mass is 16.5. The summed E-state index contributed by atoms with van der Waals surface area (Å²) in [6.45, 7) is 8.30. The average molecular weight is 322 g/mol. The molecule has 0 radical (unpaired) electrons. The number of unbranched alkanes of at least 4 members (excludes halogenated alkanes) is 12. The zero-order valence-electron chi connectivity index (χ0n) is 15.7. The van der Waals surface area contributed by atoms with Gasteiger partial charge in [0, 0.05) is 12.1 Å². The Balaban J connectivity index is 1.79. The first-order valence-corrected chi connectivity index (χ1v) is 10.1. The summed E-state index contributed by atoms with van der Waals surface area (Å²) in [5, 5.41) is 3.02. The summed E-state index contributed by atoms with van der Waals surface area (Å²) in [7, 11) is 0. The Morgan fingerprint density at radius 1 is 0.870 bits per heavy atom. The van der Waals surface area contributed by atoms with Gasteiger partial charge in [0.2, 0.25) is 0 Å². The minimum absolute atomic E-state index is 0.509. The maximum Gasteiger partial charge on any atom is 0.189 e. The van der Waals surface area contributed by atoms with Crippen molar-refractivity contribution in [3.63, 3.8) is 0 Å². The summed E-state index contributed by atoms with van der Waals surface area (Å²) in [4.78, 5) is 0. The van der Waals surface area contributed by atoms with Crippen molar-refractivity contribution < 1.29 is 4.74 Å². The van der Waals surface area contributed by atoms with E-state index in [1.54, 1.807) is 0 Å². The lowest BCUT2D eigenvalue weighted by Gasteiger charge is -2.11. The zero-order chi connectivity index (χ0) is 16.8. The van der Waals surface area contributed by atoms with E-state index in [9.17, 15) is 0 Å². The van der Waals surface area contributed by atoms with Crippen LogP contribution in [0.3, 0.4) is 0 Å².